The summed E-state index contributed by atoms with van der Waals surface area (Å²) in [6.45, 7) is 4.27. The fraction of sp³-hybridized carbons (Fsp3) is 0.556. The number of amides is 1. The summed E-state index contributed by atoms with van der Waals surface area (Å²) in [7, 11) is 0. The molecule has 1 atom stereocenters. The highest BCUT2D eigenvalue weighted by Gasteiger charge is 2.28. The van der Waals surface area contributed by atoms with Crippen LogP contribution in [0.15, 0.2) is 24.3 Å². The van der Waals surface area contributed by atoms with Crippen LogP contribution in [0.5, 0.6) is 0 Å². The Morgan fingerprint density at radius 3 is 3.04 bits per heavy atom. The lowest BCUT2D eigenvalue weighted by molar-refractivity contribution is -0.119. The topological polar surface area (TPSA) is 56.7 Å². The summed E-state index contributed by atoms with van der Waals surface area (Å²) in [5.74, 6) is 0.118. The maximum Gasteiger partial charge on any atom is 0.242 e. The van der Waals surface area contributed by atoms with E-state index in [1.165, 1.54) is 0 Å². The number of carbonyl (C=O) groups excluding carboxylic acids is 1. The summed E-state index contributed by atoms with van der Waals surface area (Å²) < 4.78 is 1.11. The second-order valence-corrected chi connectivity index (χ2v) is 7.24. The van der Waals surface area contributed by atoms with Gasteiger partial charge in [-0.05, 0) is 51.3 Å². The van der Waals surface area contributed by atoms with Crippen molar-refractivity contribution in [1.29, 1.82) is 0 Å². The predicted molar refractivity (Wildman–Crippen MR) is 98.6 cm³/mol. The van der Waals surface area contributed by atoms with Gasteiger partial charge in [0.05, 0.1) is 16.8 Å². The number of aliphatic hydroxyl groups is 1. The van der Waals surface area contributed by atoms with Crippen molar-refractivity contribution in [2.75, 3.05) is 31.1 Å². The van der Waals surface area contributed by atoms with Gasteiger partial charge in [-0.25, -0.2) is 4.98 Å². The summed E-state index contributed by atoms with van der Waals surface area (Å²) in [5.41, 5.74) is 0.950. The summed E-state index contributed by atoms with van der Waals surface area (Å²) >= 11 is 1.57. The number of thiazole rings is 1. The Morgan fingerprint density at radius 2 is 2.29 bits per heavy atom. The molecular formula is C18H25N3O2S. The summed E-state index contributed by atoms with van der Waals surface area (Å²) in [6.07, 6.45) is 4.04. The van der Waals surface area contributed by atoms with Crippen LogP contribution in [0, 0.1) is 0 Å². The van der Waals surface area contributed by atoms with E-state index >= 15 is 0 Å². The Bertz CT molecular complexity index is 655. The molecule has 2 heterocycles. The van der Waals surface area contributed by atoms with Crippen molar-refractivity contribution in [3.05, 3.63) is 24.3 Å². The smallest absolute Gasteiger partial charge is 0.242 e. The lowest BCUT2D eigenvalue weighted by Crippen LogP contribution is -2.42. The van der Waals surface area contributed by atoms with Crippen LogP contribution >= 0.6 is 11.3 Å². The van der Waals surface area contributed by atoms with E-state index in [2.05, 4.69) is 9.88 Å². The van der Waals surface area contributed by atoms with E-state index in [-0.39, 0.29) is 12.5 Å². The second kappa shape index (κ2) is 8.05. The van der Waals surface area contributed by atoms with Gasteiger partial charge in [0.25, 0.3) is 0 Å². The first-order valence-electron chi connectivity index (χ1n) is 8.73. The molecule has 0 aliphatic carbocycles. The summed E-state index contributed by atoms with van der Waals surface area (Å²) in [4.78, 5) is 21.5. The molecule has 1 aromatic heterocycles. The van der Waals surface area contributed by atoms with Crippen molar-refractivity contribution < 1.29 is 9.90 Å². The van der Waals surface area contributed by atoms with Gasteiger partial charge in [0.1, 0.15) is 0 Å². The molecule has 0 bridgehead atoms. The molecule has 1 amide bonds. The average Bonchev–Trinajstić information content (AvgIpc) is 3.20. The van der Waals surface area contributed by atoms with Crippen LogP contribution in [-0.4, -0.2) is 53.2 Å². The van der Waals surface area contributed by atoms with E-state index in [0.717, 1.165) is 47.6 Å². The lowest BCUT2D eigenvalue weighted by atomic mass is 10.1. The molecule has 1 aliphatic heterocycles. The minimum absolute atomic E-state index is 0.118. The molecule has 1 saturated heterocycles. The Balaban J connectivity index is 1.69. The number of benzene rings is 1. The third-order valence-corrected chi connectivity index (χ3v) is 5.72. The van der Waals surface area contributed by atoms with Crippen molar-refractivity contribution in [1.82, 2.24) is 9.88 Å². The first kappa shape index (κ1) is 17.3. The van der Waals surface area contributed by atoms with Crippen LogP contribution in [0.1, 0.15) is 32.6 Å². The number of likely N-dealkylation sites (N-methyl/N-ethyl adjacent to an activating group) is 1. The van der Waals surface area contributed by atoms with Crippen LogP contribution < -0.4 is 4.90 Å². The largest absolute Gasteiger partial charge is 0.396 e. The van der Waals surface area contributed by atoms with E-state index in [4.69, 9.17) is 5.11 Å². The monoisotopic (exact) mass is 347 g/mol. The Kier molecular flexibility index (Phi) is 5.81. The molecule has 2 aromatic rings. The molecule has 0 radical (unpaired) electrons. The Hall–Kier alpha value is -1.50. The molecule has 1 fully saturated rings. The number of hydrogen-bond donors (Lipinski definition) is 1. The van der Waals surface area contributed by atoms with Crippen LogP contribution in [0.4, 0.5) is 5.13 Å². The molecule has 6 heteroatoms. The van der Waals surface area contributed by atoms with Crippen molar-refractivity contribution in [2.45, 2.75) is 38.6 Å². The number of aliphatic hydroxyl groups excluding tert-OH is 1. The number of nitrogens with zero attached hydrogens (tertiary/aromatic N) is 3. The molecule has 5 nitrogen and oxygen atoms in total. The number of anilines is 1. The third-order valence-electron chi connectivity index (χ3n) is 4.66. The summed E-state index contributed by atoms with van der Waals surface area (Å²) in [6, 6.07) is 8.42. The molecule has 1 N–H and O–H groups in total. The average molecular weight is 347 g/mol. The molecule has 130 valence electrons. The number of fused-ring (bicyclic) bond motifs is 1. The zero-order valence-corrected chi connectivity index (χ0v) is 15.0. The van der Waals surface area contributed by atoms with Gasteiger partial charge < -0.3 is 5.11 Å². The normalized spacial score (nSPS) is 18.3. The van der Waals surface area contributed by atoms with Crippen LogP contribution in [0.3, 0.4) is 0 Å². The molecule has 0 saturated carbocycles. The Labute approximate surface area is 146 Å². The molecule has 3 rings (SSSR count). The van der Waals surface area contributed by atoms with E-state index < -0.39 is 0 Å². The zero-order chi connectivity index (χ0) is 16.9. The van der Waals surface area contributed by atoms with Crippen molar-refractivity contribution >= 4 is 32.6 Å². The van der Waals surface area contributed by atoms with Gasteiger partial charge >= 0.3 is 0 Å². The highest BCUT2D eigenvalue weighted by Crippen LogP contribution is 2.29. The predicted octanol–water partition coefficient (Wildman–Crippen LogP) is 2.89. The van der Waals surface area contributed by atoms with E-state index in [9.17, 15) is 4.79 Å². The molecule has 24 heavy (non-hydrogen) atoms. The number of para-hydroxylation sites is 1. The summed E-state index contributed by atoms with van der Waals surface area (Å²) in [5, 5.41) is 9.83. The van der Waals surface area contributed by atoms with E-state index in [0.29, 0.717) is 19.1 Å². The molecule has 1 unspecified atom stereocenters. The number of hydrogen-bond acceptors (Lipinski definition) is 5. The fourth-order valence-corrected chi connectivity index (χ4v) is 4.46. The SMILES string of the molecule is CCN(C(=O)CN1CCCC1CCCO)c1nc2ccccc2s1. The molecule has 1 aliphatic rings. The van der Waals surface area contributed by atoms with Gasteiger partial charge in [-0.1, -0.05) is 23.5 Å². The van der Waals surface area contributed by atoms with Gasteiger partial charge in [-0.3, -0.25) is 14.6 Å². The first-order chi connectivity index (χ1) is 11.7. The van der Waals surface area contributed by atoms with Gasteiger partial charge in [-0.2, -0.15) is 0 Å². The number of likely N-dealkylation sites (tertiary alicyclic amines) is 1. The van der Waals surface area contributed by atoms with Gasteiger partial charge in [0.15, 0.2) is 5.13 Å². The van der Waals surface area contributed by atoms with Crippen LogP contribution in [0.2, 0.25) is 0 Å². The minimum Gasteiger partial charge on any atom is -0.396 e. The maximum absolute atomic E-state index is 12.8. The van der Waals surface area contributed by atoms with Crippen LogP contribution in [-0.2, 0) is 4.79 Å². The van der Waals surface area contributed by atoms with Crippen molar-refractivity contribution in [3.63, 3.8) is 0 Å². The van der Waals surface area contributed by atoms with Gasteiger partial charge in [-0.15, -0.1) is 0 Å². The van der Waals surface area contributed by atoms with Crippen molar-refractivity contribution in [3.8, 4) is 0 Å². The van der Waals surface area contributed by atoms with Gasteiger partial charge in [0.2, 0.25) is 5.91 Å². The van der Waals surface area contributed by atoms with E-state index in [1.807, 2.05) is 31.2 Å². The fourth-order valence-electron chi connectivity index (χ4n) is 3.41. The lowest BCUT2D eigenvalue weighted by Gasteiger charge is -2.26. The number of aromatic nitrogens is 1. The highest BCUT2D eigenvalue weighted by molar-refractivity contribution is 7.22. The molecular weight excluding hydrogens is 322 g/mol. The quantitative estimate of drug-likeness (QED) is 0.837. The second-order valence-electron chi connectivity index (χ2n) is 6.23. The number of carbonyl (C=O) groups is 1. The number of rotatable bonds is 7. The molecule has 0 spiro atoms. The molecule has 1 aromatic carbocycles. The third kappa shape index (κ3) is 3.77. The minimum atomic E-state index is 0.118. The van der Waals surface area contributed by atoms with Crippen LogP contribution in [0.25, 0.3) is 10.2 Å². The standard InChI is InChI=1S/C18H25N3O2S/c1-2-21(18-19-15-9-3-4-10-16(15)24-18)17(23)13-20-11-5-7-14(20)8-6-12-22/h3-4,9-10,14,22H,2,5-8,11-13H2,1H3. The van der Waals surface area contributed by atoms with E-state index in [1.54, 1.807) is 16.2 Å². The maximum atomic E-state index is 12.8. The zero-order valence-electron chi connectivity index (χ0n) is 14.1. The van der Waals surface area contributed by atoms with Gasteiger partial charge in [0, 0.05) is 19.2 Å². The van der Waals surface area contributed by atoms with Crippen molar-refractivity contribution in [2.24, 2.45) is 0 Å². The Morgan fingerprint density at radius 1 is 1.46 bits per heavy atom. The highest BCUT2D eigenvalue weighted by atomic mass is 32.1. The first-order valence-corrected chi connectivity index (χ1v) is 9.55.